The van der Waals surface area contributed by atoms with Crippen LogP contribution >= 0.6 is 0 Å². The predicted octanol–water partition coefficient (Wildman–Crippen LogP) is 2.82. The normalized spacial score (nSPS) is 15.8. The third-order valence-electron chi connectivity index (χ3n) is 5.59. The fourth-order valence-corrected chi connectivity index (χ4v) is 3.97. The van der Waals surface area contributed by atoms with Crippen LogP contribution in [0.4, 0.5) is 0 Å². The molecule has 1 amide bonds. The van der Waals surface area contributed by atoms with Crippen molar-refractivity contribution in [3.8, 4) is 5.69 Å². The van der Waals surface area contributed by atoms with E-state index >= 15 is 0 Å². The maximum absolute atomic E-state index is 13.2. The minimum atomic E-state index is -0.671. The Balaban J connectivity index is 1.76. The minimum Gasteiger partial charge on any atom is -0.352 e. The van der Waals surface area contributed by atoms with Crippen LogP contribution in [-0.2, 0) is 4.79 Å². The van der Waals surface area contributed by atoms with E-state index in [1.807, 2.05) is 44.2 Å². The Bertz CT molecular complexity index is 1080. The van der Waals surface area contributed by atoms with Gasteiger partial charge in [0.1, 0.15) is 11.6 Å². The van der Waals surface area contributed by atoms with Crippen molar-refractivity contribution in [1.29, 1.82) is 0 Å². The van der Waals surface area contributed by atoms with Gasteiger partial charge in [-0.15, -0.1) is 0 Å². The number of aryl methyl sites for hydroxylation is 2. The summed E-state index contributed by atoms with van der Waals surface area (Å²) < 4.78 is 3.06. The second kappa shape index (κ2) is 7.22. The van der Waals surface area contributed by atoms with E-state index in [1.54, 1.807) is 11.6 Å². The lowest BCUT2D eigenvalue weighted by atomic mass is 10.2. The molecular formula is C21H25N5O2. The first-order valence-corrected chi connectivity index (χ1v) is 9.82. The first-order valence-electron chi connectivity index (χ1n) is 9.82. The number of aromatic nitrogens is 4. The lowest BCUT2D eigenvalue weighted by Crippen LogP contribution is -2.41. The second-order valence-electron chi connectivity index (χ2n) is 7.56. The molecule has 0 spiro atoms. The molecule has 0 radical (unpaired) electrons. The summed E-state index contributed by atoms with van der Waals surface area (Å²) in [6, 6.07) is 9.22. The SMILES string of the molecule is Cc1nn([C@H](C)C(=O)NC2CCCC2)c(=O)c2c(C)n(-c3ccccc3)nc12. The number of benzene rings is 1. The van der Waals surface area contributed by atoms with Crippen molar-refractivity contribution in [2.75, 3.05) is 0 Å². The smallest absolute Gasteiger partial charge is 0.278 e. The Morgan fingerprint density at radius 2 is 1.82 bits per heavy atom. The maximum Gasteiger partial charge on any atom is 0.278 e. The fraction of sp³-hybridized carbons (Fsp3) is 0.429. The van der Waals surface area contributed by atoms with E-state index in [2.05, 4.69) is 15.5 Å². The Kier molecular flexibility index (Phi) is 4.75. The van der Waals surface area contributed by atoms with Gasteiger partial charge in [-0.2, -0.15) is 10.2 Å². The number of nitrogens with zero attached hydrogens (tertiary/aromatic N) is 4. The van der Waals surface area contributed by atoms with Crippen molar-refractivity contribution < 1.29 is 4.79 Å². The highest BCUT2D eigenvalue weighted by Crippen LogP contribution is 2.21. The zero-order chi connectivity index (χ0) is 19.8. The molecule has 1 saturated carbocycles. The molecule has 0 saturated heterocycles. The van der Waals surface area contributed by atoms with Crippen LogP contribution in [0.3, 0.4) is 0 Å². The third-order valence-corrected chi connectivity index (χ3v) is 5.59. The fourth-order valence-electron chi connectivity index (χ4n) is 3.97. The topological polar surface area (TPSA) is 81.8 Å². The molecule has 1 aliphatic carbocycles. The molecule has 28 heavy (non-hydrogen) atoms. The molecule has 4 rings (SSSR count). The average Bonchev–Trinajstić information content (AvgIpc) is 3.33. The summed E-state index contributed by atoms with van der Waals surface area (Å²) in [5.74, 6) is -0.159. The zero-order valence-corrected chi connectivity index (χ0v) is 16.5. The highest BCUT2D eigenvalue weighted by Gasteiger charge is 2.25. The van der Waals surface area contributed by atoms with E-state index in [-0.39, 0.29) is 17.5 Å². The van der Waals surface area contributed by atoms with Crippen LogP contribution in [0.2, 0.25) is 0 Å². The summed E-state index contributed by atoms with van der Waals surface area (Å²) in [6.45, 7) is 5.42. The van der Waals surface area contributed by atoms with E-state index < -0.39 is 6.04 Å². The number of hydrogen-bond donors (Lipinski definition) is 1. The molecule has 146 valence electrons. The predicted molar refractivity (Wildman–Crippen MR) is 108 cm³/mol. The number of para-hydroxylation sites is 1. The Hall–Kier alpha value is -2.96. The summed E-state index contributed by atoms with van der Waals surface area (Å²) >= 11 is 0. The lowest BCUT2D eigenvalue weighted by Gasteiger charge is -2.18. The highest BCUT2D eigenvalue weighted by molar-refractivity contribution is 5.84. The van der Waals surface area contributed by atoms with Crippen LogP contribution in [-0.4, -0.2) is 31.5 Å². The molecule has 1 N–H and O–H groups in total. The van der Waals surface area contributed by atoms with E-state index in [0.717, 1.165) is 37.1 Å². The van der Waals surface area contributed by atoms with Crippen LogP contribution in [0.1, 0.15) is 50.0 Å². The van der Waals surface area contributed by atoms with Gasteiger partial charge in [-0.3, -0.25) is 9.59 Å². The second-order valence-corrected chi connectivity index (χ2v) is 7.56. The van der Waals surface area contributed by atoms with Crippen molar-refractivity contribution in [3.05, 3.63) is 52.1 Å². The molecule has 1 fully saturated rings. The van der Waals surface area contributed by atoms with Crippen LogP contribution in [0, 0.1) is 13.8 Å². The first-order chi connectivity index (χ1) is 13.5. The minimum absolute atomic E-state index is 0.159. The number of amides is 1. The number of carbonyl (C=O) groups is 1. The molecule has 7 heteroatoms. The van der Waals surface area contributed by atoms with Crippen molar-refractivity contribution in [2.24, 2.45) is 0 Å². The average molecular weight is 379 g/mol. The van der Waals surface area contributed by atoms with Gasteiger partial charge in [0.05, 0.1) is 22.5 Å². The molecule has 0 aliphatic heterocycles. The number of fused-ring (bicyclic) bond motifs is 1. The molecular weight excluding hydrogens is 354 g/mol. The molecule has 7 nitrogen and oxygen atoms in total. The van der Waals surface area contributed by atoms with Gasteiger partial charge in [-0.05, 0) is 45.7 Å². The van der Waals surface area contributed by atoms with Crippen LogP contribution in [0.15, 0.2) is 35.1 Å². The molecule has 1 aliphatic rings. The monoisotopic (exact) mass is 379 g/mol. The van der Waals surface area contributed by atoms with Crippen LogP contribution < -0.4 is 10.9 Å². The molecule has 3 aromatic rings. The summed E-state index contributed by atoms with van der Waals surface area (Å²) in [5, 5.41) is 12.6. The Morgan fingerprint density at radius 1 is 1.14 bits per heavy atom. The summed E-state index contributed by atoms with van der Waals surface area (Å²) in [4.78, 5) is 25.9. The number of hydrogen-bond acceptors (Lipinski definition) is 4. The van der Waals surface area contributed by atoms with Gasteiger partial charge in [0.25, 0.3) is 5.56 Å². The first kappa shape index (κ1) is 18.4. The highest BCUT2D eigenvalue weighted by atomic mass is 16.2. The Morgan fingerprint density at radius 3 is 2.50 bits per heavy atom. The summed E-state index contributed by atoms with van der Waals surface area (Å²) in [7, 11) is 0. The molecule has 0 bridgehead atoms. The molecule has 0 unspecified atom stereocenters. The van der Waals surface area contributed by atoms with Crippen molar-refractivity contribution in [3.63, 3.8) is 0 Å². The van der Waals surface area contributed by atoms with Gasteiger partial charge in [0.2, 0.25) is 5.91 Å². The van der Waals surface area contributed by atoms with Crippen molar-refractivity contribution in [1.82, 2.24) is 24.9 Å². The van der Waals surface area contributed by atoms with Gasteiger partial charge in [-0.1, -0.05) is 31.0 Å². The van der Waals surface area contributed by atoms with E-state index in [1.165, 1.54) is 4.68 Å². The van der Waals surface area contributed by atoms with Gasteiger partial charge >= 0.3 is 0 Å². The van der Waals surface area contributed by atoms with Gasteiger partial charge < -0.3 is 5.32 Å². The summed E-state index contributed by atoms with van der Waals surface area (Å²) in [5.41, 5.74) is 2.55. The lowest BCUT2D eigenvalue weighted by molar-refractivity contribution is -0.124. The third kappa shape index (κ3) is 3.10. The Labute approximate surface area is 163 Å². The largest absolute Gasteiger partial charge is 0.352 e. The van der Waals surface area contributed by atoms with Crippen LogP contribution in [0.25, 0.3) is 16.6 Å². The standard InChI is InChI=1S/C21H25N5O2/c1-13-19-18(14(2)25(24-19)17-11-5-4-6-12-17)21(28)26(23-13)15(3)20(27)22-16-9-7-8-10-16/h4-6,11-12,15-16H,7-10H2,1-3H3,(H,22,27)/t15-/m1/s1. The van der Waals surface area contributed by atoms with Gasteiger partial charge in [0, 0.05) is 6.04 Å². The molecule has 1 aromatic carbocycles. The quantitative estimate of drug-likeness (QED) is 0.756. The molecule has 2 heterocycles. The van der Waals surface area contributed by atoms with E-state index in [4.69, 9.17) is 0 Å². The number of carbonyl (C=O) groups excluding carboxylic acids is 1. The zero-order valence-electron chi connectivity index (χ0n) is 16.5. The van der Waals surface area contributed by atoms with Gasteiger partial charge in [-0.25, -0.2) is 9.36 Å². The number of nitrogens with one attached hydrogen (secondary N) is 1. The molecule has 1 atom stereocenters. The van der Waals surface area contributed by atoms with Gasteiger partial charge in [0.15, 0.2) is 0 Å². The number of rotatable bonds is 4. The van der Waals surface area contributed by atoms with Crippen molar-refractivity contribution >= 4 is 16.8 Å². The van der Waals surface area contributed by atoms with Crippen molar-refractivity contribution in [2.45, 2.75) is 58.5 Å². The molecule has 2 aromatic heterocycles. The van der Waals surface area contributed by atoms with E-state index in [9.17, 15) is 9.59 Å². The van der Waals surface area contributed by atoms with Crippen LogP contribution in [0.5, 0.6) is 0 Å². The summed E-state index contributed by atoms with van der Waals surface area (Å²) in [6.07, 6.45) is 4.28. The van der Waals surface area contributed by atoms with E-state index in [0.29, 0.717) is 16.6 Å². The maximum atomic E-state index is 13.2.